The van der Waals surface area contributed by atoms with E-state index in [2.05, 4.69) is 10.2 Å². The van der Waals surface area contributed by atoms with Crippen LogP contribution in [0.4, 0.5) is 0 Å². The lowest BCUT2D eigenvalue weighted by atomic mass is 10.1. The number of carbonyl (C=O) groups is 2. The van der Waals surface area contributed by atoms with E-state index in [0.717, 1.165) is 16.3 Å². The summed E-state index contributed by atoms with van der Waals surface area (Å²) in [6.45, 7) is -0.392. The summed E-state index contributed by atoms with van der Waals surface area (Å²) in [5.41, 5.74) is 1.69. The molecule has 0 aliphatic heterocycles. The fourth-order valence-electron chi connectivity index (χ4n) is 2.64. The molecule has 0 aliphatic rings. The fourth-order valence-corrected chi connectivity index (χ4v) is 2.64. The molecule has 1 N–H and O–H groups in total. The monoisotopic (exact) mass is 346 g/mol. The van der Waals surface area contributed by atoms with Crippen LogP contribution in [-0.4, -0.2) is 28.6 Å². The van der Waals surface area contributed by atoms with Crippen LogP contribution in [0.3, 0.4) is 0 Å². The van der Waals surface area contributed by atoms with Crippen LogP contribution in [0.2, 0.25) is 0 Å². The molecule has 0 aliphatic carbocycles. The molecule has 2 aromatic carbocycles. The van der Waals surface area contributed by atoms with Crippen LogP contribution < -0.4 is 0 Å². The Morgan fingerprint density at radius 2 is 1.85 bits per heavy atom. The van der Waals surface area contributed by atoms with Crippen molar-refractivity contribution in [1.29, 1.82) is 0 Å². The number of rotatable bonds is 5. The first-order valence-corrected chi connectivity index (χ1v) is 7.99. The number of furan rings is 1. The van der Waals surface area contributed by atoms with Gasteiger partial charge in [-0.25, -0.2) is 4.79 Å². The molecule has 0 fully saturated rings. The highest BCUT2D eigenvalue weighted by Crippen LogP contribution is 2.23. The van der Waals surface area contributed by atoms with E-state index in [4.69, 9.17) is 9.15 Å². The van der Waals surface area contributed by atoms with Crippen molar-refractivity contribution in [2.75, 3.05) is 6.61 Å². The van der Waals surface area contributed by atoms with Gasteiger partial charge in [0.05, 0.1) is 12.0 Å². The van der Waals surface area contributed by atoms with Crippen molar-refractivity contribution in [1.82, 2.24) is 10.2 Å². The van der Waals surface area contributed by atoms with Gasteiger partial charge in [-0.05, 0) is 35.0 Å². The molecule has 128 valence electrons. The topological polar surface area (TPSA) is 85.2 Å². The summed E-state index contributed by atoms with van der Waals surface area (Å²) < 4.78 is 9.98. The van der Waals surface area contributed by atoms with Crippen molar-refractivity contribution in [3.8, 4) is 11.3 Å². The zero-order valence-electron chi connectivity index (χ0n) is 13.6. The van der Waals surface area contributed by atoms with Crippen LogP contribution in [0.1, 0.15) is 21.0 Å². The number of hydrogen-bond acceptors (Lipinski definition) is 5. The average Bonchev–Trinajstić information content (AvgIpc) is 3.37. The SMILES string of the molecule is O=C(OCC(=O)c1ccco1)c1cc(-c2ccc3ccccc3c2)n[nH]1. The predicted octanol–water partition coefficient (Wildman–Crippen LogP) is 3.86. The third-order valence-electron chi connectivity index (χ3n) is 3.97. The van der Waals surface area contributed by atoms with Gasteiger partial charge in [0.1, 0.15) is 5.69 Å². The summed E-state index contributed by atoms with van der Waals surface area (Å²) in [6.07, 6.45) is 1.39. The summed E-state index contributed by atoms with van der Waals surface area (Å²) in [7, 11) is 0. The van der Waals surface area contributed by atoms with Gasteiger partial charge >= 0.3 is 5.97 Å². The Morgan fingerprint density at radius 1 is 1.00 bits per heavy atom. The van der Waals surface area contributed by atoms with Crippen LogP contribution in [0.25, 0.3) is 22.0 Å². The lowest BCUT2D eigenvalue weighted by Crippen LogP contribution is -2.14. The lowest BCUT2D eigenvalue weighted by Gasteiger charge is -2.01. The average molecular weight is 346 g/mol. The summed E-state index contributed by atoms with van der Waals surface area (Å²) in [6, 6.07) is 18.6. The van der Waals surface area contributed by atoms with Crippen molar-refractivity contribution in [2.45, 2.75) is 0 Å². The number of hydrogen-bond donors (Lipinski definition) is 1. The number of esters is 1. The molecule has 0 amide bonds. The van der Waals surface area contributed by atoms with E-state index in [-0.39, 0.29) is 11.5 Å². The van der Waals surface area contributed by atoms with Gasteiger partial charge in [0.2, 0.25) is 5.78 Å². The van der Waals surface area contributed by atoms with Gasteiger partial charge in [0, 0.05) is 5.56 Å². The fraction of sp³-hybridized carbons (Fsp3) is 0.0500. The standard InChI is InChI=1S/C20H14N2O4/c23-18(19-6-3-9-25-19)12-26-20(24)17-11-16(21-22-17)15-8-7-13-4-1-2-5-14(13)10-15/h1-11H,12H2,(H,21,22). The molecule has 4 aromatic rings. The zero-order valence-corrected chi connectivity index (χ0v) is 13.6. The summed E-state index contributed by atoms with van der Waals surface area (Å²) in [4.78, 5) is 23.9. The predicted molar refractivity (Wildman–Crippen MR) is 94.9 cm³/mol. The van der Waals surface area contributed by atoms with Crippen molar-refractivity contribution in [2.24, 2.45) is 0 Å². The molecule has 0 unspecified atom stereocenters. The zero-order chi connectivity index (χ0) is 17.9. The van der Waals surface area contributed by atoms with Gasteiger partial charge in [-0.15, -0.1) is 0 Å². The lowest BCUT2D eigenvalue weighted by molar-refractivity contribution is 0.0462. The van der Waals surface area contributed by atoms with Crippen LogP contribution in [0.5, 0.6) is 0 Å². The van der Waals surface area contributed by atoms with Gasteiger partial charge in [-0.1, -0.05) is 36.4 Å². The molecule has 4 rings (SSSR count). The van der Waals surface area contributed by atoms with E-state index in [1.165, 1.54) is 12.3 Å². The summed E-state index contributed by atoms with van der Waals surface area (Å²) in [5.74, 6) is -0.902. The Morgan fingerprint density at radius 3 is 2.65 bits per heavy atom. The minimum Gasteiger partial charge on any atom is -0.461 e. The smallest absolute Gasteiger partial charge is 0.356 e. The molecule has 0 radical (unpaired) electrons. The third kappa shape index (κ3) is 3.12. The second kappa shape index (κ2) is 6.68. The Labute approximate surface area is 148 Å². The first kappa shape index (κ1) is 15.8. The first-order chi connectivity index (χ1) is 12.7. The second-order valence-electron chi connectivity index (χ2n) is 5.71. The molecule has 2 aromatic heterocycles. The molecule has 0 saturated heterocycles. The molecular formula is C20H14N2O4. The van der Waals surface area contributed by atoms with E-state index in [0.29, 0.717) is 5.69 Å². The maximum Gasteiger partial charge on any atom is 0.356 e. The van der Waals surface area contributed by atoms with Crippen LogP contribution in [0.15, 0.2) is 71.3 Å². The molecule has 0 bridgehead atoms. The van der Waals surface area contributed by atoms with Crippen LogP contribution >= 0.6 is 0 Å². The van der Waals surface area contributed by atoms with E-state index in [1.807, 2.05) is 42.5 Å². The van der Waals surface area contributed by atoms with Crippen molar-refractivity contribution in [3.05, 3.63) is 78.4 Å². The molecule has 6 heteroatoms. The number of fused-ring (bicyclic) bond motifs is 1. The highest BCUT2D eigenvalue weighted by molar-refractivity contribution is 5.97. The Balaban J connectivity index is 1.48. The Kier molecular flexibility index (Phi) is 4.07. The number of ketones is 1. The summed E-state index contributed by atoms with van der Waals surface area (Å²) in [5, 5.41) is 9.03. The Bertz CT molecular complexity index is 1080. The number of nitrogens with one attached hydrogen (secondary N) is 1. The van der Waals surface area contributed by atoms with Gasteiger partial charge < -0.3 is 9.15 Å². The maximum absolute atomic E-state index is 12.1. The molecule has 2 heterocycles. The number of benzene rings is 2. The first-order valence-electron chi connectivity index (χ1n) is 7.99. The minimum absolute atomic E-state index is 0.152. The number of aromatic nitrogens is 2. The largest absolute Gasteiger partial charge is 0.461 e. The van der Waals surface area contributed by atoms with E-state index < -0.39 is 18.4 Å². The highest BCUT2D eigenvalue weighted by Gasteiger charge is 2.16. The summed E-state index contributed by atoms with van der Waals surface area (Å²) >= 11 is 0. The van der Waals surface area contributed by atoms with Crippen molar-refractivity contribution >= 4 is 22.5 Å². The number of ether oxygens (including phenoxy) is 1. The van der Waals surface area contributed by atoms with Gasteiger partial charge in [-0.2, -0.15) is 5.10 Å². The molecule has 0 saturated carbocycles. The molecule has 0 atom stereocenters. The number of H-pyrrole nitrogens is 1. The number of nitrogens with zero attached hydrogens (tertiary/aromatic N) is 1. The van der Waals surface area contributed by atoms with Crippen LogP contribution in [0, 0.1) is 0 Å². The van der Waals surface area contributed by atoms with E-state index in [9.17, 15) is 9.59 Å². The van der Waals surface area contributed by atoms with Crippen molar-refractivity contribution in [3.63, 3.8) is 0 Å². The van der Waals surface area contributed by atoms with E-state index >= 15 is 0 Å². The molecule has 26 heavy (non-hydrogen) atoms. The normalized spacial score (nSPS) is 10.8. The van der Waals surface area contributed by atoms with E-state index in [1.54, 1.807) is 12.1 Å². The van der Waals surface area contributed by atoms with Gasteiger partial charge in [0.15, 0.2) is 12.4 Å². The van der Waals surface area contributed by atoms with Crippen LogP contribution in [-0.2, 0) is 4.74 Å². The highest BCUT2D eigenvalue weighted by atomic mass is 16.5. The molecule has 6 nitrogen and oxygen atoms in total. The number of Topliss-reactive ketones (excluding diaryl/α,β-unsaturated/α-hetero) is 1. The second-order valence-corrected chi connectivity index (χ2v) is 5.71. The number of carbonyl (C=O) groups excluding carboxylic acids is 2. The third-order valence-corrected chi connectivity index (χ3v) is 3.97. The van der Waals surface area contributed by atoms with Gasteiger partial charge in [0.25, 0.3) is 0 Å². The van der Waals surface area contributed by atoms with Gasteiger partial charge in [-0.3, -0.25) is 9.89 Å². The van der Waals surface area contributed by atoms with Crippen molar-refractivity contribution < 1.29 is 18.7 Å². The molecule has 0 spiro atoms. The quantitative estimate of drug-likeness (QED) is 0.438. The minimum atomic E-state index is -0.649. The number of aromatic amines is 1. The Hall–Kier alpha value is -3.67. The molecular weight excluding hydrogens is 332 g/mol. The maximum atomic E-state index is 12.1.